The molecule has 148 valence electrons. The summed E-state index contributed by atoms with van der Waals surface area (Å²) in [6, 6.07) is 10.2. The molecule has 1 N–H and O–H groups in total. The molecule has 1 aliphatic heterocycles. The van der Waals surface area contributed by atoms with Gasteiger partial charge in [-0.2, -0.15) is 0 Å². The summed E-state index contributed by atoms with van der Waals surface area (Å²) in [6.45, 7) is 2.73. The Morgan fingerprint density at radius 1 is 1.10 bits per heavy atom. The average Bonchev–Trinajstić information content (AvgIpc) is 2.99. The van der Waals surface area contributed by atoms with Gasteiger partial charge in [-0.1, -0.05) is 0 Å². The van der Waals surface area contributed by atoms with Gasteiger partial charge in [0.25, 0.3) is 0 Å². The third-order valence-electron chi connectivity index (χ3n) is 3.64. The van der Waals surface area contributed by atoms with E-state index >= 15 is 0 Å². The number of amides is 1. The Balaban J connectivity index is 1.87. The van der Waals surface area contributed by atoms with Crippen molar-refractivity contribution in [2.75, 3.05) is 5.32 Å². The minimum absolute atomic E-state index is 0.130. The van der Waals surface area contributed by atoms with Gasteiger partial charge < -0.3 is 14.8 Å². The zero-order valence-corrected chi connectivity index (χ0v) is 18.5. The number of ether oxygens (including phenoxy) is 2. The second-order valence-electron chi connectivity index (χ2n) is 6.00. The fourth-order valence-electron chi connectivity index (χ4n) is 2.49. The van der Waals surface area contributed by atoms with Crippen LogP contribution < -0.4 is 10.1 Å². The van der Waals surface area contributed by atoms with Crippen molar-refractivity contribution in [3.63, 3.8) is 0 Å². The smallest absolute Gasteiger partial charge is 0.363 e. The first-order valence-electron chi connectivity index (χ1n) is 8.31. The Morgan fingerprint density at radius 3 is 2.28 bits per heavy atom. The SMILES string of the molecule is CC(=O)Nc1ccc(C2=N/C(=C\c3cc(Br)c(OC(C)=O)c(Br)c3)C(=O)O2)cc1. The highest BCUT2D eigenvalue weighted by Crippen LogP contribution is 2.36. The van der Waals surface area contributed by atoms with Crippen LogP contribution >= 0.6 is 31.9 Å². The molecule has 0 saturated carbocycles. The molecule has 3 rings (SSSR count). The van der Waals surface area contributed by atoms with Gasteiger partial charge in [0.15, 0.2) is 11.4 Å². The van der Waals surface area contributed by atoms with Gasteiger partial charge >= 0.3 is 11.9 Å². The van der Waals surface area contributed by atoms with E-state index in [9.17, 15) is 14.4 Å². The van der Waals surface area contributed by atoms with Crippen LogP contribution in [-0.4, -0.2) is 23.7 Å². The zero-order chi connectivity index (χ0) is 21.1. The van der Waals surface area contributed by atoms with Crippen LogP contribution in [0.15, 0.2) is 56.0 Å². The van der Waals surface area contributed by atoms with Crippen LogP contribution in [-0.2, 0) is 19.1 Å². The molecule has 0 radical (unpaired) electrons. The summed E-state index contributed by atoms with van der Waals surface area (Å²) in [4.78, 5) is 38.7. The number of cyclic esters (lactones) is 1. The van der Waals surface area contributed by atoms with Crippen LogP contribution in [0.1, 0.15) is 25.0 Å². The van der Waals surface area contributed by atoms with Crippen molar-refractivity contribution in [3.05, 3.63) is 62.2 Å². The van der Waals surface area contributed by atoms with E-state index in [4.69, 9.17) is 9.47 Å². The maximum Gasteiger partial charge on any atom is 0.363 e. The highest BCUT2D eigenvalue weighted by atomic mass is 79.9. The van der Waals surface area contributed by atoms with Crippen LogP contribution in [0.5, 0.6) is 5.75 Å². The standard InChI is InChI=1S/C20H14Br2N2O5/c1-10(25)23-14-5-3-13(4-6-14)19-24-17(20(27)29-19)9-12-7-15(21)18(16(22)8-12)28-11(2)26/h3-9H,1-2H3,(H,23,25)/b17-9-. The summed E-state index contributed by atoms with van der Waals surface area (Å²) in [6.07, 6.45) is 1.56. The van der Waals surface area contributed by atoms with Gasteiger partial charge in [-0.05, 0) is 79.9 Å². The quantitative estimate of drug-likeness (QED) is 0.364. The normalized spacial score (nSPS) is 14.4. The van der Waals surface area contributed by atoms with Gasteiger partial charge in [0.2, 0.25) is 11.8 Å². The summed E-state index contributed by atoms with van der Waals surface area (Å²) in [7, 11) is 0. The average molecular weight is 522 g/mol. The van der Waals surface area contributed by atoms with Crippen molar-refractivity contribution in [1.29, 1.82) is 0 Å². The van der Waals surface area contributed by atoms with E-state index in [0.717, 1.165) is 0 Å². The fourth-order valence-corrected chi connectivity index (χ4v) is 3.88. The van der Waals surface area contributed by atoms with Gasteiger partial charge in [0.1, 0.15) is 0 Å². The Morgan fingerprint density at radius 2 is 1.72 bits per heavy atom. The fraction of sp³-hybridized carbons (Fsp3) is 0.100. The molecule has 1 amide bonds. The van der Waals surface area contributed by atoms with E-state index in [-0.39, 0.29) is 17.5 Å². The molecule has 2 aromatic carbocycles. The van der Waals surface area contributed by atoms with Gasteiger partial charge in [-0.25, -0.2) is 9.79 Å². The summed E-state index contributed by atoms with van der Waals surface area (Å²) in [5.41, 5.74) is 2.01. The highest BCUT2D eigenvalue weighted by Gasteiger charge is 2.24. The summed E-state index contributed by atoms with van der Waals surface area (Å²) in [5.74, 6) is -0.690. The van der Waals surface area contributed by atoms with Gasteiger partial charge in [0.05, 0.1) is 8.95 Å². The maximum absolute atomic E-state index is 12.2. The Bertz CT molecular complexity index is 1050. The zero-order valence-electron chi connectivity index (χ0n) is 15.3. The Hall–Kier alpha value is -2.78. The molecule has 0 spiro atoms. The minimum atomic E-state index is -0.581. The van der Waals surface area contributed by atoms with Crippen molar-refractivity contribution in [2.24, 2.45) is 4.99 Å². The molecule has 0 unspecified atom stereocenters. The highest BCUT2D eigenvalue weighted by molar-refractivity contribution is 9.11. The molecule has 7 nitrogen and oxygen atoms in total. The van der Waals surface area contributed by atoms with Crippen LogP contribution in [0.25, 0.3) is 6.08 Å². The molecule has 29 heavy (non-hydrogen) atoms. The van der Waals surface area contributed by atoms with Crippen molar-refractivity contribution in [2.45, 2.75) is 13.8 Å². The van der Waals surface area contributed by atoms with Gasteiger partial charge in [-0.3, -0.25) is 9.59 Å². The molecule has 0 aromatic heterocycles. The van der Waals surface area contributed by atoms with E-state index in [1.807, 2.05) is 0 Å². The maximum atomic E-state index is 12.2. The molecule has 0 saturated heterocycles. The van der Waals surface area contributed by atoms with E-state index in [2.05, 4.69) is 42.2 Å². The first-order valence-corrected chi connectivity index (χ1v) is 9.89. The van der Waals surface area contributed by atoms with Crippen molar-refractivity contribution in [3.8, 4) is 5.75 Å². The number of esters is 2. The lowest BCUT2D eigenvalue weighted by Gasteiger charge is -2.08. The van der Waals surface area contributed by atoms with Crippen LogP contribution in [0.2, 0.25) is 0 Å². The number of aliphatic imine (C=N–C) groups is 1. The number of benzene rings is 2. The molecule has 2 aromatic rings. The number of hydrogen-bond donors (Lipinski definition) is 1. The number of rotatable bonds is 4. The molecule has 0 aliphatic carbocycles. The molecule has 1 aliphatic rings. The topological polar surface area (TPSA) is 94.1 Å². The number of carbonyl (C=O) groups is 3. The monoisotopic (exact) mass is 520 g/mol. The van der Waals surface area contributed by atoms with Crippen molar-refractivity contribution in [1.82, 2.24) is 0 Å². The first-order chi connectivity index (χ1) is 13.7. The Kier molecular flexibility index (Phi) is 6.29. The predicted octanol–water partition coefficient (Wildman–Crippen LogP) is 4.44. The Labute approximate surface area is 183 Å². The van der Waals surface area contributed by atoms with Crippen molar-refractivity contribution < 1.29 is 23.9 Å². The molecule has 1 heterocycles. The van der Waals surface area contributed by atoms with Crippen LogP contribution in [0.4, 0.5) is 5.69 Å². The molecule has 0 fully saturated rings. The third kappa shape index (κ3) is 5.18. The molecule has 0 atom stereocenters. The summed E-state index contributed by atoms with van der Waals surface area (Å²) in [5, 5.41) is 2.66. The van der Waals surface area contributed by atoms with E-state index in [0.29, 0.717) is 31.5 Å². The number of hydrogen-bond acceptors (Lipinski definition) is 6. The van der Waals surface area contributed by atoms with E-state index < -0.39 is 11.9 Å². The van der Waals surface area contributed by atoms with Crippen molar-refractivity contribution >= 4 is 67.4 Å². The van der Waals surface area contributed by atoms with E-state index in [1.54, 1.807) is 42.5 Å². The van der Waals surface area contributed by atoms with E-state index in [1.165, 1.54) is 13.8 Å². The second-order valence-corrected chi connectivity index (χ2v) is 7.71. The van der Waals surface area contributed by atoms with Crippen LogP contribution in [0.3, 0.4) is 0 Å². The molecular formula is C20H14Br2N2O5. The molecule has 0 bridgehead atoms. The number of nitrogens with one attached hydrogen (secondary N) is 1. The molecular weight excluding hydrogens is 508 g/mol. The third-order valence-corrected chi connectivity index (χ3v) is 4.82. The van der Waals surface area contributed by atoms with Crippen LogP contribution in [0, 0.1) is 0 Å². The lowest BCUT2D eigenvalue weighted by atomic mass is 10.2. The predicted molar refractivity (Wildman–Crippen MR) is 115 cm³/mol. The summed E-state index contributed by atoms with van der Waals surface area (Å²) < 4.78 is 11.5. The second kappa shape index (κ2) is 8.71. The van der Waals surface area contributed by atoms with Gasteiger partial charge in [-0.15, -0.1) is 0 Å². The number of nitrogens with zero attached hydrogens (tertiary/aromatic N) is 1. The number of anilines is 1. The van der Waals surface area contributed by atoms with Gasteiger partial charge in [0, 0.05) is 25.1 Å². The first kappa shape index (κ1) is 20.9. The summed E-state index contributed by atoms with van der Waals surface area (Å²) >= 11 is 6.69. The minimum Gasteiger partial charge on any atom is -0.424 e. The lowest BCUT2D eigenvalue weighted by molar-refractivity contribution is -0.132. The molecule has 9 heteroatoms. The lowest BCUT2D eigenvalue weighted by Crippen LogP contribution is -2.07. The largest absolute Gasteiger partial charge is 0.424 e. The number of halogens is 2. The number of carbonyl (C=O) groups excluding carboxylic acids is 3.